The molecule has 1 heterocycles. The maximum absolute atomic E-state index is 11.5. The molecule has 1 aromatic heterocycles. The van der Waals surface area contributed by atoms with E-state index in [9.17, 15) is 4.79 Å². The quantitative estimate of drug-likeness (QED) is 0.828. The Morgan fingerprint density at radius 2 is 2.11 bits per heavy atom. The highest BCUT2D eigenvalue weighted by Crippen LogP contribution is 2.38. The zero-order chi connectivity index (χ0) is 13.1. The van der Waals surface area contributed by atoms with Gasteiger partial charge < -0.3 is 15.2 Å². The fraction of sp³-hybridized carbons (Fsp3) is 0.643. The van der Waals surface area contributed by atoms with Gasteiger partial charge in [0.1, 0.15) is 0 Å². The molecule has 100 valence electrons. The standard InChI is InChI=1S/C14H23N3O/c1-4-7-15-14(18)16-9-12-8-10(2)17(11(12)3)13-5-6-13/h8,13H,4-7,9H2,1-3H3,(H2,15,16,18). The Hall–Kier alpha value is -1.45. The minimum Gasteiger partial charge on any atom is -0.346 e. The highest BCUT2D eigenvalue weighted by atomic mass is 16.2. The number of carbonyl (C=O) groups is 1. The van der Waals surface area contributed by atoms with Crippen LogP contribution in [0, 0.1) is 13.8 Å². The average Bonchev–Trinajstić information content (AvgIpc) is 3.12. The lowest BCUT2D eigenvalue weighted by Gasteiger charge is -2.09. The van der Waals surface area contributed by atoms with E-state index in [1.807, 2.05) is 6.92 Å². The Balaban J connectivity index is 1.93. The number of aromatic nitrogens is 1. The summed E-state index contributed by atoms with van der Waals surface area (Å²) in [5.74, 6) is 0. The van der Waals surface area contributed by atoms with Crippen LogP contribution in [0.1, 0.15) is 49.2 Å². The summed E-state index contributed by atoms with van der Waals surface area (Å²) < 4.78 is 2.40. The smallest absolute Gasteiger partial charge is 0.315 e. The predicted octanol–water partition coefficient (Wildman–Crippen LogP) is 2.65. The van der Waals surface area contributed by atoms with Crippen molar-refractivity contribution in [3.8, 4) is 0 Å². The van der Waals surface area contributed by atoms with Crippen molar-refractivity contribution in [2.75, 3.05) is 6.54 Å². The van der Waals surface area contributed by atoms with Gasteiger partial charge in [0, 0.05) is 30.5 Å². The summed E-state index contributed by atoms with van der Waals surface area (Å²) in [6, 6.07) is 2.81. The van der Waals surface area contributed by atoms with Crippen molar-refractivity contribution in [2.45, 2.75) is 52.6 Å². The second-order valence-corrected chi connectivity index (χ2v) is 5.11. The molecule has 1 aromatic rings. The third kappa shape index (κ3) is 2.86. The molecule has 2 amide bonds. The van der Waals surface area contributed by atoms with Gasteiger partial charge in [-0.25, -0.2) is 4.79 Å². The van der Waals surface area contributed by atoms with Crippen molar-refractivity contribution in [2.24, 2.45) is 0 Å². The van der Waals surface area contributed by atoms with E-state index >= 15 is 0 Å². The molecule has 0 spiro atoms. The van der Waals surface area contributed by atoms with Crippen molar-refractivity contribution in [1.29, 1.82) is 0 Å². The molecule has 0 radical (unpaired) electrons. The molecule has 0 bridgehead atoms. The van der Waals surface area contributed by atoms with E-state index in [1.54, 1.807) is 0 Å². The van der Waals surface area contributed by atoms with E-state index in [4.69, 9.17) is 0 Å². The Morgan fingerprint density at radius 1 is 1.39 bits per heavy atom. The maximum Gasteiger partial charge on any atom is 0.315 e. The normalized spacial score (nSPS) is 14.6. The Labute approximate surface area is 109 Å². The van der Waals surface area contributed by atoms with Gasteiger partial charge in [0.2, 0.25) is 0 Å². The number of hydrogen-bond acceptors (Lipinski definition) is 1. The van der Waals surface area contributed by atoms with E-state index in [1.165, 1.54) is 29.8 Å². The minimum atomic E-state index is -0.0759. The van der Waals surface area contributed by atoms with Gasteiger partial charge in [-0.15, -0.1) is 0 Å². The molecule has 1 saturated carbocycles. The summed E-state index contributed by atoms with van der Waals surface area (Å²) >= 11 is 0. The van der Waals surface area contributed by atoms with Crippen LogP contribution >= 0.6 is 0 Å². The van der Waals surface area contributed by atoms with Crippen LogP contribution in [0.15, 0.2) is 6.07 Å². The van der Waals surface area contributed by atoms with Crippen LogP contribution < -0.4 is 10.6 Å². The lowest BCUT2D eigenvalue weighted by molar-refractivity contribution is 0.240. The van der Waals surface area contributed by atoms with Gasteiger partial charge in [-0.05, 0) is 44.7 Å². The fourth-order valence-corrected chi connectivity index (χ4v) is 2.40. The highest BCUT2D eigenvalue weighted by molar-refractivity contribution is 5.73. The van der Waals surface area contributed by atoms with Gasteiger partial charge in [-0.2, -0.15) is 0 Å². The van der Waals surface area contributed by atoms with E-state index in [2.05, 4.69) is 35.1 Å². The molecule has 2 N–H and O–H groups in total. The van der Waals surface area contributed by atoms with Gasteiger partial charge in [0.05, 0.1) is 0 Å². The van der Waals surface area contributed by atoms with Crippen LogP contribution in [-0.2, 0) is 6.54 Å². The SMILES string of the molecule is CCCNC(=O)NCc1cc(C)n(C2CC2)c1C. The molecule has 0 unspecified atom stereocenters. The van der Waals surface area contributed by atoms with E-state index in [-0.39, 0.29) is 6.03 Å². The third-order valence-corrected chi connectivity index (χ3v) is 3.48. The largest absolute Gasteiger partial charge is 0.346 e. The van der Waals surface area contributed by atoms with Crippen LogP contribution in [0.4, 0.5) is 4.79 Å². The summed E-state index contributed by atoms with van der Waals surface area (Å²) in [4.78, 5) is 11.5. The molecule has 1 aliphatic rings. The second-order valence-electron chi connectivity index (χ2n) is 5.11. The first-order chi connectivity index (χ1) is 8.63. The fourth-order valence-electron chi connectivity index (χ4n) is 2.40. The molecule has 0 aromatic carbocycles. The van der Waals surface area contributed by atoms with Crippen LogP contribution in [-0.4, -0.2) is 17.1 Å². The predicted molar refractivity (Wildman–Crippen MR) is 72.7 cm³/mol. The molecule has 4 heteroatoms. The number of nitrogens with zero attached hydrogens (tertiary/aromatic N) is 1. The summed E-state index contributed by atoms with van der Waals surface area (Å²) in [5.41, 5.74) is 3.83. The molecular formula is C14H23N3O. The first-order valence-corrected chi connectivity index (χ1v) is 6.82. The average molecular weight is 249 g/mol. The summed E-state index contributed by atoms with van der Waals surface area (Å²) in [6.45, 7) is 7.68. The Kier molecular flexibility index (Phi) is 3.94. The second kappa shape index (κ2) is 5.46. The van der Waals surface area contributed by atoms with E-state index < -0.39 is 0 Å². The van der Waals surface area contributed by atoms with Crippen molar-refractivity contribution < 1.29 is 4.79 Å². The molecule has 0 aliphatic heterocycles. The zero-order valence-corrected chi connectivity index (χ0v) is 11.5. The molecule has 1 fully saturated rings. The third-order valence-electron chi connectivity index (χ3n) is 3.48. The lowest BCUT2D eigenvalue weighted by Crippen LogP contribution is -2.35. The summed E-state index contributed by atoms with van der Waals surface area (Å²) in [6.07, 6.45) is 3.55. The molecule has 4 nitrogen and oxygen atoms in total. The maximum atomic E-state index is 11.5. The molecule has 1 aliphatic carbocycles. The van der Waals surface area contributed by atoms with Crippen LogP contribution in [0.2, 0.25) is 0 Å². The van der Waals surface area contributed by atoms with Crippen LogP contribution in [0.3, 0.4) is 0 Å². The van der Waals surface area contributed by atoms with Gasteiger partial charge in [0.25, 0.3) is 0 Å². The highest BCUT2D eigenvalue weighted by Gasteiger charge is 2.26. The number of carbonyl (C=O) groups excluding carboxylic acids is 1. The number of hydrogen-bond donors (Lipinski definition) is 2. The molecule has 0 atom stereocenters. The Bertz CT molecular complexity index is 432. The van der Waals surface area contributed by atoms with Crippen molar-refractivity contribution in [1.82, 2.24) is 15.2 Å². The van der Waals surface area contributed by atoms with Crippen LogP contribution in [0.5, 0.6) is 0 Å². The van der Waals surface area contributed by atoms with Crippen molar-refractivity contribution in [3.05, 3.63) is 23.0 Å². The topological polar surface area (TPSA) is 46.1 Å². The van der Waals surface area contributed by atoms with Crippen molar-refractivity contribution >= 4 is 6.03 Å². The van der Waals surface area contributed by atoms with Crippen LogP contribution in [0.25, 0.3) is 0 Å². The van der Waals surface area contributed by atoms with E-state index in [0.717, 1.165) is 13.0 Å². The van der Waals surface area contributed by atoms with Crippen molar-refractivity contribution in [3.63, 3.8) is 0 Å². The van der Waals surface area contributed by atoms with E-state index in [0.29, 0.717) is 12.6 Å². The summed E-state index contributed by atoms with van der Waals surface area (Å²) in [5, 5.41) is 5.73. The number of amides is 2. The summed E-state index contributed by atoms with van der Waals surface area (Å²) in [7, 11) is 0. The molecule has 0 saturated heterocycles. The monoisotopic (exact) mass is 249 g/mol. The zero-order valence-electron chi connectivity index (χ0n) is 11.5. The Morgan fingerprint density at radius 3 is 2.72 bits per heavy atom. The van der Waals surface area contributed by atoms with Gasteiger partial charge >= 0.3 is 6.03 Å². The molecule has 18 heavy (non-hydrogen) atoms. The van der Waals surface area contributed by atoms with Gasteiger partial charge in [-0.3, -0.25) is 0 Å². The first-order valence-electron chi connectivity index (χ1n) is 6.82. The lowest BCUT2D eigenvalue weighted by atomic mass is 10.2. The number of aryl methyl sites for hydroxylation is 1. The van der Waals surface area contributed by atoms with Gasteiger partial charge in [-0.1, -0.05) is 6.92 Å². The molecular weight excluding hydrogens is 226 g/mol. The minimum absolute atomic E-state index is 0.0759. The molecule has 2 rings (SSSR count). The first kappa shape index (κ1) is 13.0. The number of urea groups is 1. The number of nitrogens with one attached hydrogen (secondary N) is 2. The number of rotatable bonds is 5. The van der Waals surface area contributed by atoms with Gasteiger partial charge in [0.15, 0.2) is 0 Å².